The standard InChI is InChI=1S/C14H17N3OS/c1-14(2,13-16-8-9-19-13)17-12(18)10-6-4-5-7-11(10)15-3/h4-9,15H,1-3H3,(H,17,18). The quantitative estimate of drug-likeness (QED) is 0.902. The third-order valence-electron chi connectivity index (χ3n) is 2.83. The van der Waals surface area contributed by atoms with E-state index in [1.54, 1.807) is 19.3 Å². The minimum Gasteiger partial charge on any atom is -0.387 e. The average molecular weight is 275 g/mol. The number of hydrogen-bond acceptors (Lipinski definition) is 4. The Morgan fingerprint density at radius 3 is 2.68 bits per heavy atom. The van der Waals surface area contributed by atoms with Crippen LogP contribution < -0.4 is 10.6 Å². The average Bonchev–Trinajstić information content (AvgIpc) is 2.93. The summed E-state index contributed by atoms with van der Waals surface area (Å²) in [5.41, 5.74) is 0.969. The molecule has 2 rings (SSSR count). The number of carbonyl (C=O) groups is 1. The molecule has 0 aliphatic rings. The summed E-state index contributed by atoms with van der Waals surface area (Å²) in [6.45, 7) is 3.90. The van der Waals surface area contributed by atoms with Crippen LogP contribution in [-0.4, -0.2) is 17.9 Å². The highest BCUT2D eigenvalue weighted by atomic mass is 32.1. The van der Waals surface area contributed by atoms with E-state index in [0.29, 0.717) is 5.56 Å². The van der Waals surface area contributed by atoms with Gasteiger partial charge in [0.2, 0.25) is 0 Å². The first-order valence-electron chi connectivity index (χ1n) is 6.04. The fraction of sp³-hybridized carbons (Fsp3) is 0.286. The number of benzene rings is 1. The molecule has 1 aromatic carbocycles. The molecule has 0 bridgehead atoms. The Morgan fingerprint density at radius 1 is 1.32 bits per heavy atom. The molecule has 0 fully saturated rings. The van der Waals surface area contributed by atoms with Crippen molar-refractivity contribution in [1.29, 1.82) is 0 Å². The first-order chi connectivity index (χ1) is 9.04. The van der Waals surface area contributed by atoms with Crippen LogP contribution in [0.25, 0.3) is 0 Å². The second-order valence-electron chi connectivity index (χ2n) is 4.71. The van der Waals surface area contributed by atoms with Gasteiger partial charge in [0.05, 0.1) is 11.1 Å². The highest BCUT2D eigenvalue weighted by Crippen LogP contribution is 2.23. The zero-order valence-electron chi connectivity index (χ0n) is 11.2. The number of hydrogen-bond donors (Lipinski definition) is 2. The van der Waals surface area contributed by atoms with Gasteiger partial charge in [-0.1, -0.05) is 12.1 Å². The molecule has 0 saturated carbocycles. The lowest BCUT2D eigenvalue weighted by molar-refractivity contribution is 0.0913. The van der Waals surface area contributed by atoms with Crippen LogP contribution in [0, 0.1) is 0 Å². The van der Waals surface area contributed by atoms with Crippen molar-refractivity contribution >= 4 is 22.9 Å². The van der Waals surface area contributed by atoms with Crippen molar-refractivity contribution in [2.45, 2.75) is 19.4 Å². The van der Waals surface area contributed by atoms with Crippen molar-refractivity contribution < 1.29 is 4.79 Å². The van der Waals surface area contributed by atoms with E-state index in [4.69, 9.17) is 0 Å². The summed E-state index contributed by atoms with van der Waals surface area (Å²) in [6.07, 6.45) is 1.75. The molecule has 0 radical (unpaired) electrons. The second-order valence-corrected chi connectivity index (χ2v) is 5.61. The van der Waals surface area contributed by atoms with Gasteiger partial charge >= 0.3 is 0 Å². The van der Waals surface area contributed by atoms with Crippen molar-refractivity contribution in [3.8, 4) is 0 Å². The maximum Gasteiger partial charge on any atom is 0.254 e. The van der Waals surface area contributed by atoms with E-state index < -0.39 is 5.54 Å². The Labute approximate surface area is 116 Å². The van der Waals surface area contributed by atoms with E-state index in [1.165, 1.54) is 11.3 Å². The smallest absolute Gasteiger partial charge is 0.254 e. The van der Waals surface area contributed by atoms with Gasteiger partial charge in [0.1, 0.15) is 5.01 Å². The van der Waals surface area contributed by atoms with Crippen LogP contribution >= 0.6 is 11.3 Å². The number of rotatable bonds is 4. The first kappa shape index (κ1) is 13.5. The maximum absolute atomic E-state index is 12.4. The van der Waals surface area contributed by atoms with Crippen LogP contribution in [0.5, 0.6) is 0 Å². The number of para-hydroxylation sites is 1. The number of carbonyl (C=O) groups excluding carboxylic acids is 1. The van der Waals surface area contributed by atoms with Gasteiger partial charge in [-0.3, -0.25) is 4.79 Å². The van der Waals surface area contributed by atoms with Crippen molar-refractivity contribution in [2.75, 3.05) is 12.4 Å². The largest absolute Gasteiger partial charge is 0.387 e. The molecule has 2 N–H and O–H groups in total. The molecule has 4 nitrogen and oxygen atoms in total. The molecule has 0 spiro atoms. The van der Waals surface area contributed by atoms with Gasteiger partial charge in [-0.2, -0.15) is 0 Å². The van der Waals surface area contributed by atoms with E-state index in [-0.39, 0.29) is 5.91 Å². The highest BCUT2D eigenvalue weighted by Gasteiger charge is 2.26. The number of aromatic nitrogens is 1. The lowest BCUT2D eigenvalue weighted by Gasteiger charge is -2.24. The van der Waals surface area contributed by atoms with E-state index in [1.807, 2.05) is 37.4 Å². The molecule has 0 aliphatic heterocycles. The summed E-state index contributed by atoms with van der Waals surface area (Å²) in [5.74, 6) is -0.106. The molecule has 2 aromatic rings. The molecule has 100 valence electrons. The van der Waals surface area contributed by atoms with Crippen molar-refractivity contribution in [3.63, 3.8) is 0 Å². The van der Waals surface area contributed by atoms with Gasteiger partial charge in [0.25, 0.3) is 5.91 Å². The second kappa shape index (κ2) is 5.40. The minimum atomic E-state index is -0.480. The normalized spacial score (nSPS) is 11.1. The Kier molecular flexibility index (Phi) is 3.85. The fourth-order valence-electron chi connectivity index (χ4n) is 1.84. The number of thiazole rings is 1. The molecular weight excluding hydrogens is 258 g/mol. The summed E-state index contributed by atoms with van der Waals surface area (Å²) in [7, 11) is 1.80. The fourth-order valence-corrected chi connectivity index (χ4v) is 2.55. The summed E-state index contributed by atoms with van der Waals surface area (Å²) < 4.78 is 0. The predicted molar refractivity (Wildman–Crippen MR) is 78.6 cm³/mol. The Hall–Kier alpha value is -1.88. The molecule has 1 amide bonds. The summed E-state index contributed by atoms with van der Waals surface area (Å²) in [4.78, 5) is 16.6. The molecule has 0 unspecified atom stereocenters. The minimum absolute atomic E-state index is 0.106. The number of nitrogens with zero attached hydrogens (tertiary/aromatic N) is 1. The van der Waals surface area contributed by atoms with Crippen molar-refractivity contribution in [3.05, 3.63) is 46.4 Å². The molecule has 1 heterocycles. The molecule has 0 atom stereocenters. The van der Waals surface area contributed by atoms with E-state index in [9.17, 15) is 4.79 Å². The zero-order valence-corrected chi connectivity index (χ0v) is 12.0. The van der Waals surface area contributed by atoms with Gasteiger partial charge in [-0.05, 0) is 26.0 Å². The van der Waals surface area contributed by atoms with Gasteiger partial charge in [0.15, 0.2) is 0 Å². The summed E-state index contributed by atoms with van der Waals surface area (Å²) >= 11 is 1.54. The Morgan fingerprint density at radius 2 is 2.05 bits per heavy atom. The van der Waals surface area contributed by atoms with E-state index in [0.717, 1.165) is 10.7 Å². The van der Waals surface area contributed by atoms with Gasteiger partial charge in [0, 0.05) is 24.3 Å². The van der Waals surface area contributed by atoms with Crippen LogP contribution in [0.15, 0.2) is 35.8 Å². The van der Waals surface area contributed by atoms with E-state index >= 15 is 0 Å². The summed E-state index contributed by atoms with van der Waals surface area (Å²) in [5, 5.41) is 8.84. The molecule has 0 aliphatic carbocycles. The number of amides is 1. The monoisotopic (exact) mass is 275 g/mol. The molecule has 19 heavy (non-hydrogen) atoms. The van der Waals surface area contributed by atoms with Crippen LogP contribution in [0.2, 0.25) is 0 Å². The molecular formula is C14H17N3OS. The van der Waals surface area contributed by atoms with Crippen LogP contribution in [0.1, 0.15) is 29.2 Å². The van der Waals surface area contributed by atoms with Gasteiger partial charge in [-0.15, -0.1) is 11.3 Å². The summed E-state index contributed by atoms with van der Waals surface area (Å²) in [6, 6.07) is 7.44. The molecule has 1 aromatic heterocycles. The zero-order chi connectivity index (χ0) is 13.9. The number of nitrogens with one attached hydrogen (secondary N) is 2. The van der Waals surface area contributed by atoms with Gasteiger partial charge < -0.3 is 10.6 Å². The Bertz CT molecular complexity index is 564. The SMILES string of the molecule is CNc1ccccc1C(=O)NC(C)(C)c1nccs1. The van der Waals surface area contributed by atoms with Crippen molar-refractivity contribution in [1.82, 2.24) is 10.3 Å². The lowest BCUT2D eigenvalue weighted by atomic mass is 10.1. The van der Waals surface area contributed by atoms with Crippen LogP contribution in [-0.2, 0) is 5.54 Å². The highest BCUT2D eigenvalue weighted by molar-refractivity contribution is 7.09. The Balaban J connectivity index is 2.22. The van der Waals surface area contributed by atoms with Crippen LogP contribution in [0.3, 0.4) is 0 Å². The third kappa shape index (κ3) is 2.93. The predicted octanol–water partition coefficient (Wildman–Crippen LogP) is 2.85. The maximum atomic E-state index is 12.4. The van der Waals surface area contributed by atoms with Crippen LogP contribution in [0.4, 0.5) is 5.69 Å². The van der Waals surface area contributed by atoms with Crippen molar-refractivity contribution in [2.24, 2.45) is 0 Å². The first-order valence-corrected chi connectivity index (χ1v) is 6.92. The topological polar surface area (TPSA) is 54.0 Å². The molecule has 5 heteroatoms. The molecule has 0 saturated heterocycles. The third-order valence-corrected chi connectivity index (χ3v) is 3.93. The number of anilines is 1. The van der Waals surface area contributed by atoms with Gasteiger partial charge in [-0.25, -0.2) is 4.98 Å². The van der Waals surface area contributed by atoms with E-state index in [2.05, 4.69) is 15.6 Å². The lowest BCUT2D eigenvalue weighted by Crippen LogP contribution is -2.41.